The lowest BCUT2D eigenvalue weighted by Gasteiger charge is -2.18. The smallest absolute Gasteiger partial charge is 0.271 e. The predicted molar refractivity (Wildman–Crippen MR) is 68.4 cm³/mol. The second-order valence-corrected chi connectivity index (χ2v) is 4.23. The summed E-state index contributed by atoms with van der Waals surface area (Å²) in [5, 5.41) is 0.0436. The van der Waals surface area contributed by atoms with Gasteiger partial charge in [-0.15, -0.1) is 0 Å². The summed E-state index contributed by atoms with van der Waals surface area (Å²) < 4.78 is 12.8. The zero-order valence-corrected chi connectivity index (χ0v) is 10.4. The molecule has 0 unspecified atom stereocenters. The Bertz CT molecular complexity index is 597. The van der Waals surface area contributed by atoms with Gasteiger partial charge < -0.3 is 9.88 Å². The van der Waals surface area contributed by atoms with Crippen LogP contribution in [0.3, 0.4) is 0 Å². The van der Waals surface area contributed by atoms with Crippen molar-refractivity contribution in [2.24, 2.45) is 0 Å². The van der Waals surface area contributed by atoms with E-state index in [2.05, 4.69) is 9.97 Å². The molecule has 0 aliphatic carbocycles. The van der Waals surface area contributed by atoms with Gasteiger partial charge in [-0.25, -0.2) is 9.37 Å². The van der Waals surface area contributed by atoms with E-state index >= 15 is 0 Å². The molecule has 6 heteroatoms. The molecule has 1 N–H and O–H groups in total. The van der Waals surface area contributed by atoms with Crippen LogP contribution >= 0.6 is 11.6 Å². The van der Waals surface area contributed by atoms with Gasteiger partial charge in [-0.3, -0.25) is 4.79 Å². The third kappa shape index (κ3) is 2.68. The van der Waals surface area contributed by atoms with Crippen LogP contribution < -0.4 is 10.5 Å². The number of nitrogens with one attached hydrogen (secondary N) is 1. The molecular weight excluding hydrogens is 257 g/mol. The van der Waals surface area contributed by atoms with E-state index in [-0.39, 0.29) is 16.4 Å². The maximum absolute atomic E-state index is 12.8. The fraction of sp³-hybridized carbons (Fsp3) is 0.167. The van der Waals surface area contributed by atoms with Crippen LogP contribution in [0.5, 0.6) is 0 Å². The van der Waals surface area contributed by atoms with Crippen molar-refractivity contribution < 1.29 is 4.39 Å². The number of rotatable bonds is 3. The molecule has 0 radical (unpaired) electrons. The third-order valence-electron chi connectivity index (χ3n) is 2.47. The van der Waals surface area contributed by atoms with Gasteiger partial charge in [-0.1, -0.05) is 23.7 Å². The zero-order chi connectivity index (χ0) is 13.1. The van der Waals surface area contributed by atoms with Gasteiger partial charge in [-0.2, -0.15) is 0 Å². The van der Waals surface area contributed by atoms with E-state index in [4.69, 9.17) is 11.6 Å². The van der Waals surface area contributed by atoms with Gasteiger partial charge in [0, 0.05) is 13.6 Å². The number of hydrogen-bond acceptors (Lipinski definition) is 3. The summed E-state index contributed by atoms with van der Waals surface area (Å²) in [4.78, 5) is 19.5. The van der Waals surface area contributed by atoms with Gasteiger partial charge in [0.1, 0.15) is 10.8 Å². The Balaban J connectivity index is 2.22. The van der Waals surface area contributed by atoms with Crippen LogP contribution in [0.2, 0.25) is 5.02 Å². The van der Waals surface area contributed by atoms with Crippen molar-refractivity contribution in [1.29, 1.82) is 0 Å². The number of H-pyrrole nitrogens is 1. The normalized spacial score (nSPS) is 10.4. The fourth-order valence-corrected chi connectivity index (χ4v) is 1.83. The van der Waals surface area contributed by atoms with E-state index in [0.29, 0.717) is 12.4 Å². The molecule has 0 saturated carbocycles. The van der Waals surface area contributed by atoms with Crippen molar-refractivity contribution in [3.8, 4) is 0 Å². The molecule has 2 aromatic rings. The first-order chi connectivity index (χ1) is 8.58. The summed E-state index contributed by atoms with van der Waals surface area (Å²) in [5.41, 5.74) is 0.518. The average molecular weight is 268 g/mol. The van der Waals surface area contributed by atoms with Crippen molar-refractivity contribution in [2.45, 2.75) is 6.54 Å². The van der Waals surface area contributed by atoms with E-state index in [1.54, 1.807) is 24.1 Å². The fourth-order valence-electron chi connectivity index (χ4n) is 1.58. The van der Waals surface area contributed by atoms with Crippen molar-refractivity contribution in [3.63, 3.8) is 0 Å². The van der Waals surface area contributed by atoms with E-state index in [1.165, 1.54) is 18.5 Å². The number of benzene rings is 1. The van der Waals surface area contributed by atoms with Crippen LogP contribution in [0.4, 0.5) is 10.2 Å². The standard InChI is InChI=1S/C12H11ClFN3O/c1-17(6-8-2-4-9(14)5-3-8)11-10(13)12(18)16-7-15-11/h2-5,7H,6H2,1H3,(H,15,16,18). The highest BCUT2D eigenvalue weighted by Crippen LogP contribution is 2.18. The second kappa shape index (κ2) is 5.18. The molecule has 0 fully saturated rings. The molecule has 1 aromatic carbocycles. The Labute approximate surface area is 108 Å². The van der Waals surface area contributed by atoms with Crippen LogP contribution in [0.15, 0.2) is 35.4 Å². The lowest BCUT2D eigenvalue weighted by Crippen LogP contribution is -2.21. The minimum absolute atomic E-state index is 0.0436. The molecule has 0 atom stereocenters. The average Bonchev–Trinajstić information content (AvgIpc) is 2.35. The van der Waals surface area contributed by atoms with Crippen LogP contribution in [0, 0.1) is 5.82 Å². The molecule has 0 aliphatic rings. The SMILES string of the molecule is CN(Cc1ccc(F)cc1)c1nc[nH]c(=O)c1Cl. The van der Waals surface area contributed by atoms with Crippen LogP contribution in [0.25, 0.3) is 0 Å². The summed E-state index contributed by atoms with van der Waals surface area (Å²) in [6.07, 6.45) is 1.30. The summed E-state index contributed by atoms with van der Waals surface area (Å²) in [7, 11) is 1.76. The topological polar surface area (TPSA) is 49.0 Å². The van der Waals surface area contributed by atoms with Crippen LogP contribution in [0.1, 0.15) is 5.56 Å². The first kappa shape index (κ1) is 12.6. The first-order valence-corrected chi connectivity index (χ1v) is 5.64. The van der Waals surface area contributed by atoms with Gasteiger partial charge in [0.25, 0.3) is 5.56 Å². The van der Waals surface area contributed by atoms with Gasteiger partial charge >= 0.3 is 0 Å². The van der Waals surface area contributed by atoms with Crippen molar-refractivity contribution >= 4 is 17.4 Å². The Morgan fingerprint density at radius 3 is 2.72 bits per heavy atom. The summed E-state index contributed by atoms with van der Waals surface area (Å²) in [5.74, 6) is 0.110. The van der Waals surface area contributed by atoms with Crippen molar-refractivity contribution in [1.82, 2.24) is 9.97 Å². The Morgan fingerprint density at radius 1 is 1.39 bits per heavy atom. The molecule has 0 bridgehead atoms. The lowest BCUT2D eigenvalue weighted by atomic mass is 10.2. The number of nitrogens with zero attached hydrogens (tertiary/aromatic N) is 2. The summed E-state index contributed by atoms with van der Waals surface area (Å²) in [6.45, 7) is 0.483. The number of anilines is 1. The monoisotopic (exact) mass is 267 g/mol. The maximum Gasteiger partial charge on any atom is 0.271 e. The number of hydrogen-bond donors (Lipinski definition) is 1. The van der Waals surface area contributed by atoms with Crippen molar-refractivity contribution in [3.05, 3.63) is 57.3 Å². The highest BCUT2D eigenvalue weighted by atomic mass is 35.5. The molecule has 94 valence electrons. The molecule has 18 heavy (non-hydrogen) atoms. The molecule has 1 heterocycles. The molecule has 0 spiro atoms. The minimum Gasteiger partial charge on any atom is -0.354 e. The highest BCUT2D eigenvalue weighted by Gasteiger charge is 2.10. The Morgan fingerprint density at radius 2 is 2.06 bits per heavy atom. The predicted octanol–water partition coefficient (Wildman–Crippen LogP) is 2.20. The second-order valence-electron chi connectivity index (χ2n) is 3.85. The van der Waals surface area contributed by atoms with E-state index in [9.17, 15) is 9.18 Å². The van der Waals surface area contributed by atoms with E-state index in [0.717, 1.165) is 5.56 Å². The van der Waals surface area contributed by atoms with E-state index in [1.807, 2.05) is 0 Å². The quantitative estimate of drug-likeness (QED) is 0.927. The first-order valence-electron chi connectivity index (χ1n) is 5.26. The Hall–Kier alpha value is -1.88. The maximum atomic E-state index is 12.8. The zero-order valence-electron chi connectivity index (χ0n) is 9.65. The van der Waals surface area contributed by atoms with Crippen LogP contribution in [-0.2, 0) is 6.54 Å². The number of aromatic nitrogens is 2. The van der Waals surface area contributed by atoms with Gasteiger partial charge in [0.15, 0.2) is 5.82 Å². The van der Waals surface area contributed by atoms with E-state index < -0.39 is 0 Å². The van der Waals surface area contributed by atoms with Gasteiger partial charge in [0.2, 0.25) is 0 Å². The number of aromatic amines is 1. The van der Waals surface area contributed by atoms with Gasteiger partial charge in [-0.05, 0) is 17.7 Å². The molecule has 0 amide bonds. The molecule has 2 rings (SSSR count). The minimum atomic E-state index is -0.382. The highest BCUT2D eigenvalue weighted by molar-refractivity contribution is 6.32. The molecule has 4 nitrogen and oxygen atoms in total. The van der Waals surface area contributed by atoms with Crippen molar-refractivity contribution in [2.75, 3.05) is 11.9 Å². The van der Waals surface area contributed by atoms with Gasteiger partial charge in [0.05, 0.1) is 6.33 Å². The third-order valence-corrected chi connectivity index (χ3v) is 2.81. The Kier molecular flexibility index (Phi) is 3.62. The molecule has 1 aromatic heterocycles. The lowest BCUT2D eigenvalue weighted by molar-refractivity contribution is 0.627. The molecule has 0 saturated heterocycles. The molecule has 0 aliphatic heterocycles. The van der Waals surface area contributed by atoms with Crippen LogP contribution in [-0.4, -0.2) is 17.0 Å². The number of halogens is 2. The summed E-state index contributed by atoms with van der Waals surface area (Å²) in [6, 6.07) is 6.12. The largest absolute Gasteiger partial charge is 0.354 e. The summed E-state index contributed by atoms with van der Waals surface area (Å²) >= 11 is 5.87. The molecular formula is C12H11ClFN3O.